The van der Waals surface area contributed by atoms with Crippen LogP contribution in [0.3, 0.4) is 0 Å². The Morgan fingerprint density at radius 3 is 2.12 bits per heavy atom. The summed E-state index contributed by atoms with van der Waals surface area (Å²) in [6.07, 6.45) is 1.09. The molecule has 2 N–H and O–H groups in total. The molecule has 0 aliphatic carbocycles. The molecule has 96 valence electrons. The van der Waals surface area contributed by atoms with Crippen LogP contribution < -0.4 is 10.6 Å². The third kappa shape index (κ3) is 4.21. The number of nitrogens with zero attached hydrogens (tertiary/aromatic N) is 2. The zero-order valence-electron chi connectivity index (χ0n) is 11.6. The van der Waals surface area contributed by atoms with Crippen LogP contribution >= 0.6 is 0 Å². The SMILES string of the molecule is CCCNc1cc(NCC)nc(C(C)(C)C)n1. The molecule has 0 atom stereocenters. The summed E-state index contributed by atoms with van der Waals surface area (Å²) < 4.78 is 0. The highest BCUT2D eigenvalue weighted by Crippen LogP contribution is 2.22. The lowest BCUT2D eigenvalue weighted by Gasteiger charge is -2.19. The average Bonchev–Trinajstić information content (AvgIpc) is 2.25. The lowest BCUT2D eigenvalue weighted by molar-refractivity contribution is 0.546. The van der Waals surface area contributed by atoms with Crippen molar-refractivity contribution >= 4 is 11.6 Å². The Morgan fingerprint density at radius 1 is 1.06 bits per heavy atom. The smallest absolute Gasteiger partial charge is 0.138 e. The normalized spacial score (nSPS) is 11.4. The van der Waals surface area contributed by atoms with Gasteiger partial charge < -0.3 is 10.6 Å². The minimum Gasteiger partial charge on any atom is -0.370 e. The molecule has 1 heterocycles. The van der Waals surface area contributed by atoms with E-state index in [1.54, 1.807) is 0 Å². The third-order valence-electron chi connectivity index (χ3n) is 2.31. The van der Waals surface area contributed by atoms with E-state index in [-0.39, 0.29) is 5.41 Å². The maximum atomic E-state index is 4.56. The van der Waals surface area contributed by atoms with Gasteiger partial charge in [0.1, 0.15) is 17.5 Å². The van der Waals surface area contributed by atoms with Crippen LogP contribution in [-0.2, 0) is 5.41 Å². The number of aromatic nitrogens is 2. The Labute approximate surface area is 104 Å². The van der Waals surface area contributed by atoms with Gasteiger partial charge in [-0.2, -0.15) is 0 Å². The molecule has 17 heavy (non-hydrogen) atoms. The highest BCUT2D eigenvalue weighted by molar-refractivity contribution is 5.48. The van der Waals surface area contributed by atoms with Gasteiger partial charge >= 0.3 is 0 Å². The van der Waals surface area contributed by atoms with Gasteiger partial charge in [-0.1, -0.05) is 27.7 Å². The van der Waals surface area contributed by atoms with Gasteiger partial charge in [0.2, 0.25) is 0 Å². The van der Waals surface area contributed by atoms with Crippen LogP contribution in [0.2, 0.25) is 0 Å². The van der Waals surface area contributed by atoms with Crippen molar-refractivity contribution in [2.75, 3.05) is 23.7 Å². The fourth-order valence-corrected chi connectivity index (χ4v) is 1.40. The van der Waals surface area contributed by atoms with E-state index in [1.165, 1.54) is 0 Å². The molecule has 4 nitrogen and oxygen atoms in total. The topological polar surface area (TPSA) is 49.8 Å². The standard InChI is InChI=1S/C13H24N4/c1-6-8-15-11-9-10(14-7-2)16-12(17-11)13(3,4)5/h9H,6-8H2,1-5H3,(H2,14,15,16,17). The van der Waals surface area contributed by atoms with E-state index < -0.39 is 0 Å². The second-order valence-corrected chi connectivity index (χ2v) is 5.17. The molecular weight excluding hydrogens is 212 g/mol. The van der Waals surface area contributed by atoms with E-state index in [4.69, 9.17) is 0 Å². The van der Waals surface area contributed by atoms with E-state index >= 15 is 0 Å². The van der Waals surface area contributed by atoms with Crippen molar-refractivity contribution in [2.24, 2.45) is 0 Å². The molecule has 0 aromatic carbocycles. The van der Waals surface area contributed by atoms with Gasteiger partial charge in [-0.15, -0.1) is 0 Å². The summed E-state index contributed by atoms with van der Waals surface area (Å²) in [7, 11) is 0. The predicted molar refractivity (Wildman–Crippen MR) is 73.7 cm³/mol. The molecule has 0 saturated carbocycles. The highest BCUT2D eigenvalue weighted by atomic mass is 15.1. The molecule has 0 amide bonds. The summed E-state index contributed by atoms with van der Waals surface area (Å²) in [5.74, 6) is 2.67. The van der Waals surface area contributed by atoms with Crippen LogP contribution in [0.5, 0.6) is 0 Å². The van der Waals surface area contributed by atoms with E-state index in [9.17, 15) is 0 Å². The van der Waals surface area contributed by atoms with E-state index in [0.29, 0.717) is 0 Å². The van der Waals surface area contributed by atoms with Crippen LogP contribution in [0.1, 0.15) is 46.9 Å². The van der Waals surface area contributed by atoms with E-state index in [0.717, 1.165) is 37.0 Å². The van der Waals surface area contributed by atoms with Crippen molar-refractivity contribution in [1.29, 1.82) is 0 Å². The van der Waals surface area contributed by atoms with Crippen LogP contribution in [0, 0.1) is 0 Å². The second kappa shape index (κ2) is 5.84. The largest absolute Gasteiger partial charge is 0.370 e. The monoisotopic (exact) mass is 236 g/mol. The molecule has 0 aliphatic rings. The molecule has 0 radical (unpaired) electrons. The van der Waals surface area contributed by atoms with Gasteiger partial charge in [-0.05, 0) is 13.3 Å². The molecule has 4 heteroatoms. The molecule has 0 unspecified atom stereocenters. The number of hydrogen-bond donors (Lipinski definition) is 2. The molecule has 0 bridgehead atoms. The molecule has 0 aliphatic heterocycles. The summed E-state index contributed by atoms with van der Waals surface area (Å²) in [5.41, 5.74) is -0.0337. The Morgan fingerprint density at radius 2 is 1.65 bits per heavy atom. The summed E-state index contributed by atoms with van der Waals surface area (Å²) in [6.45, 7) is 12.4. The summed E-state index contributed by atoms with van der Waals surface area (Å²) >= 11 is 0. The highest BCUT2D eigenvalue weighted by Gasteiger charge is 2.18. The fourth-order valence-electron chi connectivity index (χ4n) is 1.40. The lowest BCUT2D eigenvalue weighted by Crippen LogP contribution is -2.18. The third-order valence-corrected chi connectivity index (χ3v) is 2.31. The van der Waals surface area contributed by atoms with Crippen LogP contribution in [0.4, 0.5) is 11.6 Å². The first-order chi connectivity index (χ1) is 7.97. The quantitative estimate of drug-likeness (QED) is 0.825. The van der Waals surface area contributed by atoms with Gasteiger partial charge in [0.15, 0.2) is 0 Å². The van der Waals surface area contributed by atoms with Gasteiger partial charge in [0.25, 0.3) is 0 Å². The maximum Gasteiger partial charge on any atom is 0.138 e. The maximum absolute atomic E-state index is 4.56. The Bertz CT molecular complexity index is 355. The summed E-state index contributed by atoms with van der Waals surface area (Å²) in [5, 5.41) is 6.56. The first-order valence-corrected chi connectivity index (χ1v) is 6.34. The van der Waals surface area contributed by atoms with Crippen molar-refractivity contribution in [3.05, 3.63) is 11.9 Å². The zero-order chi connectivity index (χ0) is 12.9. The van der Waals surface area contributed by atoms with Crippen molar-refractivity contribution in [3.63, 3.8) is 0 Å². The molecule has 0 saturated heterocycles. The Balaban J connectivity index is 3.01. The van der Waals surface area contributed by atoms with Crippen molar-refractivity contribution in [1.82, 2.24) is 9.97 Å². The Hall–Kier alpha value is -1.32. The average molecular weight is 236 g/mol. The lowest BCUT2D eigenvalue weighted by atomic mass is 9.96. The van der Waals surface area contributed by atoms with Crippen molar-refractivity contribution in [2.45, 2.75) is 46.5 Å². The second-order valence-electron chi connectivity index (χ2n) is 5.17. The first-order valence-electron chi connectivity index (χ1n) is 6.34. The molecule has 1 aromatic heterocycles. The van der Waals surface area contributed by atoms with Gasteiger partial charge in [-0.25, -0.2) is 9.97 Å². The van der Waals surface area contributed by atoms with Crippen molar-refractivity contribution < 1.29 is 0 Å². The molecule has 1 aromatic rings. The number of rotatable bonds is 5. The zero-order valence-corrected chi connectivity index (χ0v) is 11.6. The molecule has 0 spiro atoms. The molecule has 1 rings (SSSR count). The van der Waals surface area contributed by atoms with Gasteiger partial charge in [0.05, 0.1) is 0 Å². The van der Waals surface area contributed by atoms with Gasteiger partial charge in [0, 0.05) is 24.6 Å². The number of anilines is 2. The van der Waals surface area contributed by atoms with E-state index in [1.807, 2.05) is 6.07 Å². The molecule has 0 fully saturated rings. The van der Waals surface area contributed by atoms with E-state index in [2.05, 4.69) is 55.2 Å². The number of hydrogen-bond acceptors (Lipinski definition) is 4. The predicted octanol–water partition coefficient (Wildman–Crippen LogP) is 3.03. The van der Waals surface area contributed by atoms with Crippen LogP contribution in [0.25, 0.3) is 0 Å². The molecular formula is C13H24N4. The Kier molecular flexibility index (Phi) is 4.73. The first kappa shape index (κ1) is 13.7. The fraction of sp³-hybridized carbons (Fsp3) is 0.692. The minimum atomic E-state index is -0.0337. The number of nitrogens with one attached hydrogen (secondary N) is 2. The summed E-state index contributed by atoms with van der Waals surface area (Å²) in [4.78, 5) is 9.10. The van der Waals surface area contributed by atoms with Crippen molar-refractivity contribution in [3.8, 4) is 0 Å². The summed E-state index contributed by atoms with van der Waals surface area (Å²) in [6, 6.07) is 1.97. The van der Waals surface area contributed by atoms with Crippen LogP contribution in [0.15, 0.2) is 6.07 Å². The minimum absolute atomic E-state index is 0.0337. The van der Waals surface area contributed by atoms with Crippen LogP contribution in [-0.4, -0.2) is 23.1 Å². The van der Waals surface area contributed by atoms with Gasteiger partial charge in [-0.3, -0.25) is 0 Å².